The molecule has 5 nitrogen and oxygen atoms in total. The number of hydrogen-bond acceptors (Lipinski definition) is 3. The van der Waals surface area contributed by atoms with Crippen LogP contribution in [-0.2, 0) is 6.54 Å². The van der Waals surface area contributed by atoms with E-state index in [9.17, 15) is 9.90 Å². The molecule has 166 valence electrons. The third kappa shape index (κ3) is 3.67. The van der Waals surface area contributed by atoms with Gasteiger partial charge >= 0.3 is 0 Å². The maximum absolute atomic E-state index is 13.5. The number of H-pyrrole nitrogens is 1. The first kappa shape index (κ1) is 21.6. The van der Waals surface area contributed by atoms with Gasteiger partial charge in [0.15, 0.2) is 0 Å². The molecule has 33 heavy (non-hydrogen) atoms. The highest BCUT2D eigenvalue weighted by Gasteiger charge is 2.42. The van der Waals surface area contributed by atoms with Crippen LogP contribution in [0.5, 0.6) is 5.75 Å². The van der Waals surface area contributed by atoms with Gasteiger partial charge in [-0.3, -0.25) is 9.89 Å². The third-order valence-electron chi connectivity index (χ3n) is 6.05. The zero-order chi connectivity index (χ0) is 23.3. The maximum Gasteiger partial charge on any atom is 0.273 e. The normalized spacial score (nSPS) is 15.2. The van der Waals surface area contributed by atoms with E-state index in [-0.39, 0.29) is 11.7 Å². The highest BCUT2D eigenvalue weighted by molar-refractivity contribution is 6.31. The molecular formula is C26H21Cl2N3O2. The number of phenols is 1. The third-order valence-corrected chi connectivity index (χ3v) is 6.67. The lowest BCUT2D eigenvalue weighted by Crippen LogP contribution is -2.29. The van der Waals surface area contributed by atoms with Gasteiger partial charge in [0.1, 0.15) is 17.1 Å². The van der Waals surface area contributed by atoms with E-state index in [0.717, 1.165) is 27.8 Å². The highest BCUT2D eigenvalue weighted by Crippen LogP contribution is 2.46. The lowest BCUT2D eigenvalue weighted by Gasteiger charge is -2.27. The van der Waals surface area contributed by atoms with Gasteiger partial charge in [0.25, 0.3) is 5.91 Å². The number of phenolic OH excluding ortho intramolecular Hbond substituents is 1. The summed E-state index contributed by atoms with van der Waals surface area (Å²) in [5.74, 6) is -0.0192. The van der Waals surface area contributed by atoms with Crippen LogP contribution in [0.15, 0.2) is 60.7 Å². The molecule has 0 saturated heterocycles. The summed E-state index contributed by atoms with van der Waals surface area (Å²) in [5, 5.41) is 19.4. The molecule has 0 radical (unpaired) electrons. The Bertz CT molecular complexity index is 1380. The number of aromatic nitrogens is 2. The summed E-state index contributed by atoms with van der Waals surface area (Å²) in [4.78, 5) is 15.3. The fourth-order valence-electron chi connectivity index (χ4n) is 4.51. The van der Waals surface area contributed by atoms with Crippen molar-refractivity contribution in [1.29, 1.82) is 0 Å². The number of nitrogens with zero attached hydrogens (tertiary/aromatic N) is 2. The molecule has 1 atom stereocenters. The average Bonchev–Trinajstić information content (AvgIpc) is 3.32. The first-order valence-electron chi connectivity index (χ1n) is 10.5. The molecule has 7 heteroatoms. The number of hydrogen-bond donors (Lipinski definition) is 2. The Morgan fingerprint density at radius 1 is 1.06 bits per heavy atom. The van der Waals surface area contributed by atoms with E-state index in [1.54, 1.807) is 17.0 Å². The summed E-state index contributed by atoms with van der Waals surface area (Å²) in [5.41, 5.74) is 5.79. The second kappa shape index (κ2) is 8.25. The molecule has 0 aliphatic carbocycles. The van der Waals surface area contributed by atoms with Crippen molar-refractivity contribution in [1.82, 2.24) is 15.1 Å². The van der Waals surface area contributed by atoms with E-state index in [0.29, 0.717) is 33.5 Å². The van der Waals surface area contributed by atoms with Crippen LogP contribution in [0.2, 0.25) is 10.0 Å². The highest BCUT2D eigenvalue weighted by atomic mass is 35.5. The van der Waals surface area contributed by atoms with Crippen molar-refractivity contribution in [3.8, 4) is 17.0 Å². The number of benzene rings is 3. The zero-order valence-corrected chi connectivity index (χ0v) is 19.6. The fraction of sp³-hybridized carbons (Fsp3) is 0.154. The fourth-order valence-corrected chi connectivity index (χ4v) is 4.83. The summed E-state index contributed by atoms with van der Waals surface area (Å²) in [6.07, 6.45) is 0. The van der Waals surface area contributed by atoms with Crippen LogP contribution in [0, 0.1) is 13.8 Å². The number of aryl methyl sites for hydroxylation is 2. The molecule has 5 rings (SSSR count). The Balaban J connectivity index is 1.70. The maximum atomic E-state index is 13.5. The van der Waals surface area contributed by atoms with Crippen LogP contribution in [0.3, 0.4) is 0 Å². The Kier molecular flexibility index (Phi) is 5.39. The van der Waals surface area contributed by atoms with Crippen LogP contribution in [-0.4, -0.2) is 26.1 Å². The van der Waals surface area contributed by atoms with E-state index < -0.39 is 6.04 Å². The van der Waals surface area contributed by atoms with Crippen LogP contribution in [0.25, 0.3) is 11.3 Å². The predicted molar refractivity (Wildman–Crippen MR) is 130 cm³/mol. The number of nitrogens with one attached hydrogen (secondary N) is 1. The second-order valence-corrected chi connectivity index (χ2v) is 9.16. The van der Waals surface area contributed by atoms with Crippen molar-refractivity contribution in [3.05, 3.63) is 104 Å². The van der Waals surface area contributed by atoms with Gasteiger partial charge in [-0.1, -0.05) is 59.6 Å². The molecule has 2 N–H and O–H groups in total. The van der Waals surface area contributed by atoms with Crippen molar-refractivity contribution in [2.24, 2.45) is 0 Å². The molecule has 4 aromatic rings. The number of amides is 1. The molecule has 0 spiro atoms. The van der Waals surface area contributed by atoms with Crippen molar-refractivity contribution < 1.29 is 9.90 Å². The molecule has 1 amide bonds. The van der Waals surface area contributed by atoms with E-state index in [1.807, 2.05) is 62.4 Å². The average molecular weight is 478 g/mol. The minimum atomic E-state index is -0.421. The monoisotopic (exact) mass is 477 g/mol. The number of halogens is 2. The summed E-state index contributed by atoms with van der Waals surface area (Å²) < 4.78 is 0. The smallest absolute Gasteiger partial charge is 0.273 e. The van der Waals surface area contributed by atoms with E-state index >= 15 is 0 Å². The molecule has 1 aliphatic rings. The predicted octanol–water partition coefficient (Wildman–Crippen LogP) is 6.45. The molecule has 0 saturated carbocycles. The standard InChI is InChI=1S/C26H21Cl2N3O2/c1-14-11-15(2)25(32)19(12-14)22-21-23(30-29-22)26(33)31(13-17-5-3-4-6-20(17)28)24(21)16-7-9-18(27)10-8-16/h3-12,24,32H,13H2,1-2H3,(H,29,30). The molecule has 0 bridgehead atoms. The largest absolute Gasteiger partial charge is 0.507 e. The second-order valence-electron chi connectivity index (χ2n) is 8.32. The van der Waals surface area contributed by atoms with Gasteiger partial charge in [0.05, 0.1) is 6.04 Å². The summed E-state index contributed by atoms with van der Waals surface area (Å²) in [6.45, 7) is 4.14. The topological polar surface area (TPSA) is 69.2 Å². The Hall–Kier alpha value is -3.28. The van der Waals surface area contributed by atoms with Crippen molar-refractivity contribution >= 4 is 29.1 Å². The molecule has 1 unspecified atom stereocenters. The first-order chi connectivity index (χ1) is 15.8. The van der Waals surface area contributed by atoms with Crippen molar-refractivity contribution in [2.75, 3.05) is 0 Å². The van der Waals surface area contributed by atoms with Crippen LogP contribution >= 0.6 is 23.2 Å². The molecule has 1 aromatic heterocycles. The number of aromatic hydroxyl groups is 1. The molecule has 0 fully saturated rings. The van der Waals surface area contributed by atoms with Gasteiger partial charge in [0, 0.05) is 27.7 Å². The van der Waals surface area contributed by atoms with Gasteiger partial charge in [-0.2, -0.15) is 5.10 Å². The number of fused-ring (bicyclic) bond motifs is 1. The van der Waals surface area contributed by atoms with Gasteiger partial charge in [0.2, 0.25) is 0 Å². The number of carbonyl (C=O) groups excluding carboxylic acids is 1. The van der Waals surface area contributed by atoms with Gasteiger partial charge in [-0.25, -0.2) is 0 Å². The van der Waals surface area contributed by atoms with E-state index in [4.69, 9.17) is 23.2 Å². The van der Waals surface area contributed by atoms with Gasteiger partial charge in [-0.05, 0) is 60.4 Å². The Morgan fingerprint density at radius 2 is 1.79 bits per heavy atom. The molecule has 3 aromatic carbocycles. The summed E-state index contributed by atoms with van der Waals surface area (Å²) in [6, 6.07) is 18.3. The Morgan fingerprint density at radius 3 is 2.52 bits per heavy atom. The number of aromatic amines is 1. The molecule has 2 heterocycles. The van der Waals surface area contributed by atoms with Crippen LogP contribution < -0.4 is 0 Å². The zero-order valence-electron chi connectivity index (χ0n) is 18.1. The first-order valence-corrected chi connectivity index (χ1v) is 11.3. The summed E-state index contributed by atoms with van der Waals surface area (Å²) in [7, 11) is 0. The minimum Gasteiger partial charge on any atom is -0.507 e. The van der Waals surface area contributed by atoms with Crippen LogP contribution in [0.4, 0.5) is 0 Å². The SMILES string of the molecule is Cc1cc(C)c(O)c(-c2n[nH]c3c2C(c2ccc(Cl)cc2)N(Cc2ccccc2Cl)C3=O)c1. The molecule has 1 aliphatic heterocycles. The Labute approximate surface area is 201 Å². The number of carbonyl (C=O) groups is 1. The molecular weight excluding hydrogens is 457 g/mol. The van der Waals surface area contributed by atoms with Gasteiger partial charge < -0.3 is 10.0 Å². The minimum absolute atomic E-state index is 0.154. The van der Waals surface area contributed by atoms with Crippen molar-refractivity contribution in [3.63, 3.8) is 0 Å². The van der Waals surface area contributed by atoms with Gasteiger partial charge in [-0.15, -0.1) is 0 Å². The number of rotatable bonds is 4. The van der Waals surface area contributed by atoms with E-state index in [1.165, 1.54) is 0 Å². The van der Waals surface area contributed by atoms with Crippen molar-refractivity contribution in [2.45, 2.75) is 26.4 Å². The van der Waals surface area contributed by atoms with E-state index in [2.05, 4.69) is 10.2 Å². The quantitative estimate of drug-likeness (QED) is 0.354. The lowest BCUT2D eigenvalue weighted by atomic mass is 9.94. The lowest BCUT2D eigenvalue weighted by molar-refractivity contribution is 0.0730. The summed E-state index contributed by atoms with van der Waals surface area (Å²) >= 11 is 12.6. The van der Waals surface area contributed by atoms with Crippen LogP contribution in [0.1, 0.15) is 44.3 Å².